The topological polar surface area (TPSA) is 206 Å². The summed E-state index contributed by atoms with van der Waals surface area (Å²) >= 11 is 0. The summed E-state index contributed by atoms with van der Waals surface area (Å²) in [6, 6.07) is 4.08. The molecule has 7 amide bonds. The molecule has 1 heterocycles. The molecule has 0 radical (unpaired) electrons. The first-order chi connectivity index (χ1) is 21.3. The summed E-state index contributed by atoms with van der Waals surface area (Å²) in [4.78, 5) is 86.6. The van der Waals surface area contributed by atoms with Crippen molar-refractivity contribution in [3.05, 3.63) is 29.8 Å². The van der Waals surface area contributed by atoms with E-state index < -0.39 is 35.9 Å². The molecule has 1 saturated heterocycles. The standard InChI is InChI=1S/C31H46N6O8/c1-19(2)27(36-25(39)10-6-5-7-16-37-26(40)17-20(3)30(37)43)29(42)35-24(9-8-15-33-31(32)44)28(41)34-23-13-11-22(12-14-23)18-45-21(4)38/h11-14,19-20,24,27H,5-10,15-18H2,1-4H3,(H,34,41)(H,35,42)(H,36,39)(H3,32,33,44)/t20?,24-,27?/m0/s1. The number of unbranched alkanes of at least 4 members (excludes halogenated alkanes) is 2. The Bertz CT molecular complexity index is 1220. The molecule has 0 saturated carbocycles. The number of likely N-dealkylation sites (tertiary alicyclic amines) is 1. The van der Waals surface area contributed by atoms with Crippen LogP contribution in [0.2, 0.25) is 0 Å². The van der Waals surface area contributed by atoms with Crippen LogP contribution in [0.5, 0.6) is 0 Å². The summed E-state index contributed by atoms with van der Waals surface area (Å²) in [5.74, 6) is -2.65. The Morgan fingerprint density at radius 3 is 2.24 bits per heavy atom. The molecule has 248 valence electrons. The number of amides is 7. The number of nitrogens with two attached hydrogens (primary N) is 1. The zero-order valence-electron chi connectivity index (χ0n) is 26.5. The lowest BCUT2D eigenvalue weighted by Gasteiger charge is -2.25. The van der Waals surface area contributed by atoms with E-state index in [1.54, 1.807) is 45.0 Å². The first-order valence-electron chi connectivity index (χ1n) is 15.3. The van der Waals surface area contributed by atoms with Gasteiger partial charge in [-0.15, -0.1) is 0 Å². The number of rotatable bonds is 18. The summed E-state index contributed by atoms with van der Waals surface area (Å²) < 4.78 is 4.97. The third-order valence-electron chi connectivity index (χ3n) is 7.29. The number of ether oxygens (including phenoxy) is 1. The highest BCUT2D eigenvalue weighted by atomic mass is 16.5. The average molecular weight is 631 g/mol. The lowest BCUT2D eigenvalue weighted by molar-refractivity contribution is -0.142. The van der Waals surface area contributed by atoms with E-state index in [0.29, 0.717) is 37.9 Å². The maximum Gasteiger partial charge on any atom is 0.312 e. The van der Waals surface area contributed by atoms with Crippen molar-refractivity contribution in [3.8, 4) is 0 Å². The highest BCUT2D eigenvalue weighted by Gasteiger charge is 2.35. The zero-order valence-corrected chi connectivity index (χ0v) is 26.5. The van der Waals surface area contributed by atoms with Gasteiger partial charge in [0.05, 0.1) is 0 Å². The Morgan fingerprint density at radius 2 is 1.67 bits per heavy atom. The van der Waals surface area contributed by atoms with Crippen molar-refractivity contribution in [1.29, 1.82) is 0 Å². The highest BCUT2D eigenvalue weighted by molar-refractivity contribution is 6.03. The van der Waals surface area contributed by atoms with E-state index in [0.717, 1.165) is 5.56 Å². The average Bonchev–Trinajstić information content (AvgIpc) is 3.21. The van der Waals surface area contributed by atoms with Crippen LogP contribution in [-0.2, 0) is 40.1 Å². The predicted molar refractivity (Wildman–Crippen MR) is 165 cm³/mol. The number of anilines is 1. The Balaban J connectivity index is 1.93. The largest absolute Gasteiger partial charge is 0.461 e. The quantitative estimate of drug-likeness (QED) is 0.0915. The zero-order chi connectivity index (χ0) is 33.5. The van der Waals surface area contributed by atoms with Gasteiger partial charge in [-0.1, -0.05) is 39.3 Å². The second-order valence-electron chi connectivity index (χ2n) is 11.5. The highest BCUT2D eigenvalue weighted by Crippen LogP contribution is 2.19. The van der Waals surface area contributed by atoms with Crippen LogP contribution >= 0.6 is 0 Å². The smallest absolute Gasteiger partial charge is 0.312 e. The van der Waals surface area contributed by atoms with Crippen molar-refractivity contribution in [2.45, 2.75) is 91.3 Å². The molecular weight excluding hydrogens is 584 g/mol. The van der Waals surface area contributed by atoms with E-state index in [-0.39, 0.29) is 62.0 Å². The van der Waals surface area contributed by atoms with Crippen molar-refractivity contribution < 1.29 is 38.3 Å². The maximum atomic E-state index is 13.3. The van der Waals surface area contributed by atoms with Crippen LogP contribution in [0.3, 0.4) is 0 Å². The van der Waals surface area contributed by atoms with E-state index in [4.69, 9.17) is 10.5 Å². The van der Waals surface area contributed by atoms with Gasteiger partial charge in [0.15, 0.2) is 0 Å². The van der Waals surface area contributed by atoms with Gasteiger partial charge >= 0.3 is 12.0 Å². The van der Waals surface area contributed by atoms with Gasteiger partial charge in [-0.05, 0) is 49.3 Å². The van der Waals surface area contributed by atoms with Crippen molar-refractivity contribution in [3.63, 3.8) is 0 Å². The molecular formula is C31H46N6O8. The van der Waals surface area contributed by atoms with E-state index in [2.05, 4.69) is 21.3 Å². The molecule has 6 N–H and O–H groups in total. The molecule has 1 fully saturated rings. The van der Waals surface area contributed by atoms with Crippen LogP contribution in [0.25, 0.3) is 0 Å². The fraction of sp³-hybridized carbons (Fsp3) is 0.581. The normalized spacial score (nSPS) is 15.8. The molecule has 14 heteroatoms. The van der Waals surface area contributed by atoms with Gasteiger partial charge in [0.2, 0.25) is 29.5 Å². The van der Waals surface area contributed by atoms with E-state index in [1.807, 2.05) is 0 Å². The number of esters is 1. The van der Waals surface area contributed by atoms with Gasteiger partial charge in [-0.25, -0.2) is 4.79 Å². The minimum atomic E-state index is -0.982. The molecule has 2 rings (SSSR count). The fourth-order valence-corrected chi connectivity index (χ4v) is 4.74. The van der Waals surface area contributed by atoms with Gasteiger partial charge in [0, 0.05) is 44.5 Å². The number of benzene rings is 1. The number of hydrogen-bond donors (Lipinski definition) is 5. The summed E-state index contributed by atoms with van der Waals surface area (Å²) in [6.45, 7) is 7.22. The number of carbonyl (C=O) groups excluding carboxylic acids is 7. The Kier molecular flexibility index (Phi) is 15.0. The molecule has 2 unspecified atom stereocenters. The second kappa shape index (κ2) is 18.3. The molecule has 1 aliphatic heterocycles. The molecule has 14 nitrogen and oxygen atoms in total. The molecule has 1 aromatic carbocycles. The molecule has 45 heavy (non-hydrogen) atoms. The van der Waals surface area contributed by atoms with E-state index in [1.165, 1.54) is 11.8 Å². The monoisotopic (exact) mass is 630 g/mol. The third-order valence-corrected chi connectivity index (χ3v) is 7.29. The molecule has 1 aliphatic rings. The number of primary amides is 1. The second-order valence-corrected chi connectivity index (χ2v) is 11.5. The number of carbonyl (C=O) groups is 7. The van der Waals surface area contributed by atoms with E-state index in [9.17, 15) is 33.6 Å². The lowest BCUT2D eigenvalue weighted by Crippen LogP contribution is -2.54. The maximum absolute atomic E-state index is 13.3. The van der Waals surface area contributed by atoms with Crippen LogP contribution in [-0.4, -0.2) is 71.6 Å². The number of nitrogens with one attached hydrogen (secondary N) is 4. The van der Waals surface area contributed by atoms with Gasteiger partial charge in [0.1, 0.15) is 18.7 Å². The Labute approximate surface area is 263 Å². The molecule has 0 aliphatic carbocycles. The molecule has 0 aromatic heterocycles. The van der Waals surface area contributed by atoms with Gasteiger partial charge < -0.3 is 31.7 Å². The molecule has 0 bridgehead atoms. The van der Waals surface area contributed by atoms with Crippen LogP contribution in [0.1, 0.15) is 78.2 Å². The molecule has 0 spiro atoms. The van der Waals surface area contributed by atoms with E-state index >= 15 is 0 Å². The number of nitrogens with zero attached hydrogens (tertiary/aromatic N) is 1. The van der Waals surface area contributed by atoms with Gasteiger partial charge in [0.25, 0.3) is 0 Å². The number of hydrogen-bond acceptors (Lipinski definition) is 8. The predicted octanol–water partition coefficient (Wildman–Crippen LogP) is 1.72. The van der Waals surface area contributed by atoms with Crippen LogP contribution in [0, 0.1) is 11.8 Å². The van der Waals surface area contributed by atoms with Gasteiger partial charge in [-0.3, -0.25) is 33.7 Å². The summed E-state index contributed by atoms with van der Waals surface area (Å²) in [5.41, 5.74) is 6.31. The van der Waals surface area contributed by atoms with Crippen molar-refractivity contribution >= 4 is 47.2 Å². The fourth-order valence-electron chi connectivity index (χ4n) is 4.74. The van der Waals surface area contributed by atoms with Crippen molar-refractivity contribution in [1.82, 2.24) is 20.9 Å². The van der Waals surface area contributed by atoms with Crippen LogP contribution in [0.4, 0.5) is 10.5 Å². The third kappa shape index (κ3) is 13.0. The lowest BCUT2D eigenvalue weighted by atomic mass is 10.0. The summed E-state index contributed by atoms with van der Waals surface area (Å²) in [7, 11) is 0. The summed E-state index contributed by atoms with van der Waals surface area (Å²) in [6.07, 6.45) is 2.65. The van der Waals surface area contributed by atoms with Crippen LogP contribution < -0.4 is 27.0 Å². The first-order valence-corrected chi connectivity index (χ1v) is 15.3. The summed E-state index contributed by atoms with van der Waals surface area (Å²) in [5, 5.41) is 10.7. The Hall–Kier alpha value is -4.49. The van der Waals surface area contributed by atoms with Crippen LogP contribution in [0.15, 0.2) is 24.3 Å². The Morgan fingerprint density at radius 1 is 0.978 bits per heavy atom. The first kappa shape index (κ1) is 36.7. The minimum Gasteiger partial charge on any atom is -0.461 e. The number of urea groups is 1. The molecule has 3 atom stereocenters. The van der Waals surface area contributed by atoms with Gasteiger partial charge in [-0.2, -0.15) is 0 Å². The minimum absolute atomic E-state index is 0.0946. The van der Waals surface area contributed by atoms with Crippen molar-refractivity contribution in [2.24, 2.45) is 17.6 Å². The molecule has 1 aromatic rings. The number of imide groups is 1. The SMILES string of the molecule is CC(=O)OCc1ccc(NC(=O)[C@H](CCCNC(N)=O)NC(=O)C(NC(=O)CCCCCN2C(=O)CC(C)C2=O)C(C)C)cc1. The van der Waals surface area contributed by atoms with Crippen molar-refractivity contribution in [2.75, 3.05) is 18.4 Å².